The van der Waals surface area contributed by atoms with Crippen LogP contribution >= 0.6 is 11.3 Å². The number of carbonyl (C=O) groups is 2. The molecule has 3 nitrogen and oxygen atoms in total. The van der Waals surface area contributed by atoms with Gasteiger partial charge in [-0.25, -0.2) is 0 Å². The first-order valence-corrected chi connectivity index (χ1v) is 5.98. The van der Waals surface area contributed by atoms with Crippen molar-refractivity contribution in [2.45, 2.75) is 39.2 Å². The molecule has 0 aliphatic carbocycles. The Morgan fingerprint density at radius 1 is 1.44 bits per heavy atom. The molecule has 1 aromatic heterocycles. The summed E-state index contributed by atoms with van der Waals surface area (Å²) >= 11 is 1.42. The number of hydrogen-bond acceptors (Lipinski definition) is 4. The fourth-order valence-electron chi connectivity index (χ4n) is 1.21. The van der Waals surface area contributed by atoms with Gasteiger partial charge >= 0.3 is 5.97 Å². The van der Waals surface area contributed by atoms with E-state index in [2.05, 4.69) is 0 Å². The Morgan fingerprint density at radius 3 is 2.62 bits per heavy atom. The molecule has 16 heavy (non-hydrogen) atoms. The van der Waals surface area contributed by atoms with Crippen LogP contribution in [-0.4, -0.2) is 17.9 Å². The minimum Gasteiger partial charge on any atom is -0.460 e. The molecule has 0 aliphatic heterocycles. The van der Waals surface area contributed by atoms with Crippen molar-refractivity contribution in [3.63, 3.8) is 0 Å². The van der Waals surface area contributed by atoms with Crippen LogP contribution in [0.15, 0.2) is 12.1 Å². The molecule has 0 N–H and O–H groups in total. The van der Waals surface area contributed by atoms with Crippen molar-refractivity contribution >= 4 is 23.6 Å². The summed E-state index contributed by atoms with van der Waals surface area (Å²) in [5, 5.41) is 0. The van der Waals surface area contributed by atoms with Crippen LogP contribution in [0, 0.1) is 0 Å². The summed E-state index contributed by atoms with van der Waals surface area (Å²) in [5.41, 5.74) is -0.430. The minimum atomic E-state index is -0.430. The summed E-state index contributed by atoms with van der Waals surface area (Å²) in [6, 6.07) is 3.64. The van der Waals surface area contributed by atoms with E-state index in [0.29, 0.717) is 17.7 Å². The SMILES string of the molecule is CC(C)(C)OC(=O)CCc1ccc(C=O)s1. The van der Waals surface area contributed by atoms with Gasteiger partial charge in [0.2, 0.25) is 0 Å². The van der Waals surface area contributed by atoms with Gasteiger partial charge in [0.1, 0.15) is 5.60 Å². The van der Waals surface area contributed by atoms with Crippen LogP contribution in [0.4, 0.5) is 0 Å². The van der Waals surface area contributed by atoms with Gasteiger partial charge in [0.05, 0.1) is 11.3 Å². The average molecular weight is 240 g/mol. The van der Waals surface area contributed by atoms with E-state index in [1.807, 2.05) is 26.8 Å². The van der Waals surface area contributed by atoms with Crippen LogP contribution in [0.3, 0.4) is 0 Å². The molecule has 88 valence electrons. The quantitative estimate of drug-likeness (QED) is 0.600. The number of rotatable bonds is 4. The first kappa shape index (κ1) is 12.9. The van der Waals surface area contributed by atoms with Crippen molar-refractivity contribution in [2.24, 2.45) is 0 Å². The van der Waals surface area contributed by atoms with Gasteiger partial charge in [-0.2, -0.15) is 0 Å². The van der Waals surface area contributed by atoms with Crippen molar-refractivity contribution in [2.75, 3.05) is 0 Å². The Balaban J connectivity index is 2.40. The predicted octanol–water partition coefficient (Wildman–Crippen LogP) is 2.83. The molecule has 0 unspecified atom stereocenters. The topological polar surface area (TPSA) is 43.4 Å². The number of aldehydes is 1. The van der Waals surface area contributed by atoms with E-state index in [-0.39, 0.29) is 5.97 Å². The molecular formula is C12H16O3S. The smallest absolute Gasteiger partial charge is 0.306 e. The summed E-state index contributed by atoms with van der Waals surface area (Å²) in [6.45, 7) is 5.54. The third-order valence-electron chi connectivity index (χ3n) is 1.79. The first-order valence-electron chi connectivity index (χ1n) is 5.16. The lowest BCUT2D eigenvalue weighted by molar-refractivity contribution is -0.154. The Labute approximate surface area is 99.4 Å². The molecule has 0 aliphatic rings. The standard InChI is InChI=1S/C12H16O3S/c1-12(2,3)15-11(14)7-6-9-4-5-10(8-13)16-9/h4-5,8H,6-7H2,1-3H3. The van der Waals surface area contributed by atoms with Gasteiger partial charge in [-0.1, -0.05) is 0 Å². The second-order valence-electron chi connectivity index (χ2n) is 4.51. The van der Waals surface area contributed by atoms with E-state index in [4.69, 9.17) is 4.74 Å². The van der Waals surface area contributed by atoms with Crippen LogP contribution in [0.1, 0.15) is 41.7 Å². The van der Waals surface area contributed by atoms with E-state index < -0.39 is 5.60 Å². The predicted molar refractivity (Wildman–Crippen MR) is 63.9 cm³/mol. The maximum absolute atomic E-state index is 11.4. The molecule has 0 saturated carbocycles. The minimum absolute atomic E-state index is 0.200. The lowest BCUT2D eigenvalue weighted by Gasteiger charge is -2.19. The zero-order chi connectivity index (χ0) is 12.2. The fraction of sp³-hybridized carbons (Fsp3) is 0.500. The number of esters is 1. The third-order valence-corrected chi connectivity index (χ3v) is 2.86. The van der Waals surface area contributed by atoms with Gasteiger partial charge in [-0.15, -0.1) is 11.3 Å². The molecule has 0 atom stereocenters. The highest BCUT2D eigenvalue weighted by atomic mass is 32.1. The second kappa shape index (κ2) is 5.25. The molecular weight excluding hydrogens is 224 g/mol. The van der Waals surface area contributed by atoms with Gasteiger partial charge in [0.15, 0.2) is 6.29 Å². The maximum atomic E-state index is 11.4. The van der Waals surface area contributed by atoms with Crippen LogP contribution in [0.5, 0.6) is 0 Å². The summed E-state index contributed by atoms with van der Waals surface area (Å²) < 4.78 is 5.19. The molecule has 0 spiro atoms. The molecule has 1 heterocycles. The molecule has 1 rings (SSSR count). The first-order chi connectivity index (χ1) is 7.40. The van der Waals surface area contributed by atoms with E-state index in [9.17, 15) is 9.59 Å². The van der Waals surface area contributed by atoms with E-state index in [1.54, 1.807) is 6.07 Å². The second-order valence-corrected chi connectivity index (χ2v) is 5.71. The Hall–Kier alpha value is -1.16. The van der Waals surface area contributed by atoms with Gasteiger partial charge in [0, 0.05) is 4.88 Å². The normalized spacial score (nSPS) is 11.2. The highest BCUT2D eigenvalue weighted by Gasteiger charge is 2.16. The lowest BCUT2D eigenvalue weighted by atomic mass is 10.2. The molecule has 0 fully saturated rings. The summed E-state index contributed by atoms with van der Waals surface area (Å²) in [6.07, 6.45) is 1.81. The molecule has 4 heteroatoms. The van der Waals surface area contributed by atoms with Crippen molar-refractivity contribution in [1.29, 1.82) is 0 Å². The number of aryl methyl sites for hydroxylation is 1. The highest BCUT2D eigenvalue weighted by molar-refractivity contribution is 7.13. The molecule has 0 bridgehead atoms. The van der Waals surface area contributed by atoms with E-state index in [1.165, 1.54) is 11.3 Å². The Bertz CT molecular complexity index is 374. The molecule has 1 aromatic rings. The Kier molecular flexibility index (Phi) is 4.24. The fourth-order valence-corrected chi connectivity index (χ4v) is 2.04. The molecule has 0 amide bonds. The van der Waals surface area contributed by atoms with Crippen molar-refractivity contribution in [3.8, 4) is 0 Å². The number of carbonyl (C=O) groups excluding carboxylic acids is 2. The monoisotopic (exact) mass is 240 g/mol. The van der Waals surface area contributed by atoms with Crippen LogP contribution in [-0.2, 0) is 16.0 Å². The summed E-state index contributed by atoms with van der Waals surface area (Å²) in [5.74, 6) is -0.200. The van der Waals surface area contributed by atoms with Crippen LogP contribution in [0.2, 0.25) is 0 Å². The molecule has 0 aromatic carbocycles. The number of hydrogen-bond donors (Lipinski definition) is 0. The third kappa shape index (κ3) is 4.57. The van der Waals surface area contributed by atoms with Crippen LogP contribution < -0.4 is 0 Å². The Morgan fingerprint density at radius 2 is 2.12 bits per heavy atom. The lowest BCUT2D eigenvalue weighted by Crippen LogP contribution is -2.23. The van der Waals surface area contributed by atoms with Crippen molar-refractivity contribution in [3.05, 3.63) is 21.9 Å². The van der Waals surface area contributed by atoms with E-state index >= 15 is 0 Å². The van der Waals surface area contributed by atoms with Gasteiger partial charge in [0.25, 0.3) is 0 Å². The van der Waals surface area contributed by atoms with Gasteiger partial charge < -0.3 is 4.74 Å². The zero-order valence-electron chi connectivity index (χ0n) is 9.78. The van der Waals surface area contributed by atoms with Crippen molar-refractivity contribution in [1.82, 2.24) is 0 Å². The van der Waals surface area contributed by atoms with Gasteiger partial charge in [-0.05, 0) is 39.3 Å². The highest BCUT2D eigenvalue weighted by Crippen LogP contribution is 2.17. The average Bonchev–Trinajstić information content (AvgIpc) is 2.59. The zero-order valence-corrected chi connectivity index (χ0v) is 10.6. The number of thiophene rings is 1. The maximum Gasteiger partial charge on any atom is 0.306 e. The summed E-state index contributed by atoms with van der Waals surface area (Å²) in [7, 11) is 0. The van der Waals surface area contributed by atoms with Crippen molar-refractivity contribution < 1.29 is 14.3 Å². The van der Waals surface area contributed by atoms with Crippen LogP contribution in [0.25, 0.3) is 0 Å². The molecule has 0 saturated heterocycles. The largest absolute Gasteiger partial charge is 0.460 e. The number of ether oxygens (including phenoxy) is 1. The molecule has 0 radical (unpaired) electrons. The van der Waals surface area contributed by atoms with Gasteiger partial charge in [-0.3, -0.25) is 9.59 Å². The summed E-state index contributed by atoms with van der Waals surface area (Å²) in [4.78, 5) is 23.6. The van der Waals surface area contributed by atoms with E-state index in [0.717, 1.165) is 11.2 Å².